The van der Waals surface area contributed by atoms with Crippen LogP contribution in [0, 0.1) is 0 Å². The molecule has 2 aliphatic rings. The molecule has 0 aliphatic carbocycles. The lowest BCUT2D eigenvalue weighted by Crippen LogP contribution is -2.40. The number of rotatable bonds is 1. The van der Waals surface area contributed by atoms with Crippen molar-refractivity contribution in [3.63, 3.8) is 0 Å². The van der Waals surface area contributed by atoms with Crippen molar-refractivity contribution < 1.29 is 4.79 Å². The third kappa shape index (κ3) is 2.59. The number of anilines is 3. The van der Waals surface area contributed by atoms with E-state index in [1.165, 1.54) is 5.56 Å². The maximum absolute atomic E-state index is 11.4. The summed E-state index contributed by atoms with van der Waals surface area (Å²) in [5, 5.41) is 4.15. The summed E-state index contributed by atoms with van der Waals surface area (Å²) in [6, 6.07) is 4.08. The molecule has 2 atom stereocenters. The number of aryl methyl sites for hydroxylation is 1. The maximum atomic E-state index is 11.4. The van der Waals surface area contributed by atoms with Crippen LogP contribution in [0.4, 0.5) is 17.1 Å². The van der Waals surface area contributed by atoms with Crippen LogP contribution in [-0.4, -0.2) is 29.5 Å². The van der Waals surface area contributed by atoms with Gasteiger partial charge in [0, 0.05) is 35.7 Å². The van der Waals surface area contributed by atoms with Crippen molar-refractivity contribution in [1.29, 1.82) is 0 Å². The number of amides is 1. The molecule has 0 saturated carbocycles. The van der Waals surface area contributed by atoms with Crippen molar-refractivity contribution >= 4 is 34.7 Å². The van der Waals surface area contributed by atoms with Crippen molar-refractivity contribution in [3.8, 4) is 0 Å². The van der Waals surface area contributed by atoms with Gasteiger partial charge >= 0.3 is 0 Å². The molecular weight excluding hydrogens is 270 g/mol. The molecule has 108 valence electrons. The summed E-state index contributed by atoms with van der Waals surface area (Å²) in [4.78, 5) is 13.8. The number of carbonyl (C=O) groups is 1. The van der Waals surface area contributed by atoms with Gasteiger partial charge in [0.25, 0.3) is 0 Å². The summed E-state index contributed by atoms with van der Waals surface area (Å²) in [6.07, 6.45) is 1.38. The molecule has 4 nitrogen and oxygen atoms in total. The quantitative estimate of drug-likeness (QED) is 0.781. The molecule has 2 aliphatic heterocycles. The third-order valence-corrected chi connectivity index (χ3v) is 5.14. The van der Waals surface area contributed by atoms with E-state index in [9.17, 15) is 4.79 Å². The Balaban J connectivity index is 1.92. The molecule has 2 heterocycles. The van der Waals surface area contributed by atoms with E-state index in [4.69, 9.17) is 5.73 Å². The molecule has 5 heteroatoms. The van der Waals surface area contributed by atoms with Gasteiger partial charge in [-0.2, -0.15) is 11.8 Å². The van der Waals surface area contributed by atoms with Gasteiger partial charge in [0.05, 0.1) is 11.4 Å². The van der Waals surface area contributed by atoms with Crippen molar-refractivity contribution in [3.05, 3.63) is 17.7 Å². The van der Waals surface area contributed by atoms with Crippen LogP contribution in [0.5, 0.6) is 0 Å². The van der Waals surface area contributed by atoms with Crippen LogP contribution in [0.3, 0.4) is 0 Å². The number of carbonyl (C=O) groups excluding carboxylic acids is 1. The average Bonchev–Trinajstić information content (AvgIpc) is 2.36. The monoisotopic (exact) mass is 291 g/mol. The second-order valence-corrected chi connectivity index (χ2v) is 7.66. The van der Waals surface area contributed by atoms with Gasteiger partial charge in [0.15, 0.2) is 0 Å². The van der Waals surface area contributed by atoms with E-state index < -0.39 is 0 Å². The Kier molecular flexibility index (Phi) is 3.54. The lowest BCUT2D eigenvalue weighted by Gasteiger charge is -2.37. The molecule has 1 amide bonds. The number of hydrogen-bond donors (Lipinski definition) is 2. The van der Waals surface area contributed by atoms with Crippen molar-refractivity contribution in [1.82, 2.24) is 0 Å². The van der Waals surface area contributed by atoms with E-state index in [0.29, 0.717) is 16.9 Å². The highest BCUT2D eigenvalue weighted by molar-refractivity contribution is 8.00. The fraction of sp³-hybridized carbons (Fsp3) is 0.533. The fourth-order valence-electron chi connectivity index (χ4n) is 3.08. The topological polar surface area (TPSA) is 58.4 Å². The molecule has 20 heavy (non-hydrogen) atoms. The zero-order chi connectivity index (χ0) is 14.3. The van der Waals surface area contributed by atoms with E-state index in [1.54, 1.807) is 0 Å². The number of benzene rings is 1. The van der Waals surface area contributed by atoms with Gasteiger partial charge in [-0.3, -0.25) is 4.79 Å². The lowest BCUT2D eigenvalue weighted by molar-refractivity contribution is -0.116. The molecule has 1 aromatic rings. The highest BCUT2D eigenvalue weighted by Gasteiger charge is 2.25. The minimum atomic E-state index is 0.0845. The molecule has 0 radical (unpaired) electrons. The van der Waals surface area contributed by atoms with Crippen LogP contribution in [-0.2, 0) is 11.2 Å². The van der Waals surface area contributed by atoms with Gasteiger partial charge in [-0.25, -0.2) is 0 Å². The maximum Gasteiger partial charge on any atom is 0.224 e. The predicted octanol–water partition coefficient (Wildman–Crippen LogP) is 2.48. The Labute approximate surface area is 124 Å². The van der Waals surface area contributed by atoms with Gasteiger partial charge < -0.3 is 16.0 Å². The standard InChI is InChI=1S/C15H21N3OS/c1-9-7-18(8-10(2)20-9)14-5-11-3-4-15(19)17-13(11)6-12(14)16/h5-6,9-10H,3-4,7-8,16H2,1-2H3,(H,17,19). The Morgan fingerprint density at radius 2 is 1.95 bits per heavy atom. The largest absolute Gasteiger partial charge is 0.397 e. The predicted molar refractivity (Wildman–Crippen MR) is 86.5 cm³/mol. The molecule has 0 spiro atoms. The number of nitrogen functional groups attached to an aromatic ring is 1. The second kappa shape index (κ2) is 5.20. The number of nitrogens with one attached hydrogen (secondary N) is 1. The highest BCUT2D eigenvalue weighted by atomic mass is 32.2. The number of thioether (sulfide) groups is 1. The lowest BCUT2D eigenvalue weighted by atomic mass is 10.0. The first kappa shape index (κ1) is 13.6. The zero-order valence-electron chi connectivity index (χ0n) is 12.0. The van der Waals surface area contributed by atoms with Gasteiger partial charge in [-0.15, -0.1) is 0 Å². The molecule has 0 aromatic heterocycles. The van der Waals surface area contributed by atoms with Crippen LogP contribution in [0.25, 0.3) is 0 Å². The van der Waals surface area contributed by atoms with Crippen LogP contribution >= 0.6 is 11.8 Å². The molecular formula is C15H21N3OS. The van der Waals surface area contributed by atoms with Crippen LogP contribution < -0.4 is 16.0 Å². The summed E-state index contributed by atoms with van der Waals surface area (Å²) in [7, 11) is 0. The van der Waals surface area contributed by atoms with Crippen molar-refractivity contribution in [2.75, 3.05) is 29.0 Å². The first-order valence-electron chi connectivity index (χ1n) is 7.15. The third-order valence-electron chi connectivity index (χ3n) is 3.91. The van der Waals surface area contributed by atoms with Crippen molar-refractivity contribution in [2.45, 2.75) is 37.2 Å². The van der Waals surface area contributed by atoms with Gasteiger partial charge in [0.1, 0.15) is 0 Å². The summed E-state index contributed by atoms with van der Waals surface area (Å²) >= 11 is 2.04. The SMILES string of the molecule is CC1CN(c2cc3c(cc2N)NC(=O)CC3)CC(C)S1. The van der Waals surface area contributed by atoms with Crippen LogP contribution in [0.15, 0.2) is 12.1 Å². The molecule has 2 unspecified atom stereocenters. The van der Waals surface area contributed by atoms with E-state index in [0.717, 1.165) is 36.6 Å². The second-order valence-electron chi connectivity index (χ2n) is 5.78. The van der Waals surface area contributed by atoms with E-state index in [2.05, 4.69) is 30.1 Å². The molecule has 3 N–H and O–H groups in total. The minimum absolute atomic E-state index is 0.0845. The first-order valence-corrected chi connectivity index (χ1v) is 8.10. The Bertz CT molecular complexity index is 536. The molecule has 3 rings (SSSR count). The number of nitrogens with zero attached hydrogens (tertiary/aromatic N) is 1. The van der Waals surface area contributed by atoms with E-state index in [-0.39, 0.29) is 5.91 Å². The summed E-state index contributed by atoms with van der Waals surface area (Å²) in [5.74, 6) is 0.0845. The van der Waals surface area contributed by atoms with E-state index >= 15 is 0 Å². The fourth-order valence-corrected chi connectivity index (χ4v) is 4.41. The number of hydrogen-bond acceptors (Lipinski definition) is 4. The average molecular weight is 291 g/mol. The normalized spacial score (nSPS) is 26.1. The van der Waals surface area contributed by atoms with E-state index in [1.807, 2.05) is 17.8 Å². The van der Waals surface area contributed by atoms with Crippen molar-refractivity contribution in [2.24, 2.45) is 0 Å². The highest BCUT2D eigenvalue weighted by Crippen LogP contribution is 2.36. The van der Waals surface area contributed by atoms with Gasteiger partial charge in [0.2, 0.25) is 5.91 Å². The first-order chi connectivity index (χ1) is 9.52. The smallest absolute Gasteiger partial charge is 0.224 e. The minimum Gasteiger partial charge on any atom is -0.397 e. The number of fused-ring (bicyclic) bond motifs is 1. The molecule has 1 aromatic carbocycles. The Hall–Kier alpha value is -1.36. The summed E-state index contributed by atoms with van der Waals surface area (Å²) in [6.45, 7) is 6.60. The summed E-state index contributed by atoms with van der Waals surface area (Å²) in [5.41, 5.74) is 10.2. The zero-order valence-corrected chi connectivity index (χ0v) is 12.8. The molecule has 0 bridgehead atoms. The summed E-state index contributed by atoms with van der Waals surface area (Å²) < 4.78 is 0. The Morgan fingerprint density at radius 1 is 1.25 bits per heavy atom. The number of nitrogens with two attached hydrogens (primary N) is 1. The van der Waals surface area contributed by atoms with Crippen LogP contribution in [0.2, 0.25) is 0 Å². The van der Waals surface area contributed by atoms with Gasteiger partial charge in [-0.1, -0.05) is 13.8 Å². The molecule has 1 saturated heterocycles. The molecule has 1 fully saturated rings. The Morgan fingerprint density at radius 3 is 2.65 bits per heavy atom. The van der Waals surface area contributed by atoms with Gasteiger partial charge in [-0.05, 0) is 24.1 Å². The van der Waals surface area contributed by atoms with Crippen LogP contribution in [0.1, 0.15) is 25.8 Å².